The molecular formula is C18H32N4O3S. The molecule has 1 rings (SSSR count). The second kappa shape index (κ2) is 9.97. The Balaban J connectivity index is 2.78. The molecule has 0 spiro atoms. The van der Waals surface area contributed by atoms with E-state index >= 15 is 0 Å². The van der Waals surface area contributed by atoms with Crippen molar-refractivity contribution in [2.75, 3.05) is 5.32 Å². The van der Waals surface area contributed by atoms with Gasteiger partial charge in [0.15, 0.2) is 0 Å². The van der Waals surface area contributed by atoms with Crippen LogP contribution in [0.25, 0.3) is 0 Å². The van der Waals surface area contributed by atoms with Crippen LogP contribution < -0.4 is 10.6 Å². The predicted octanol–water partition coefficient (Wildman–Crippen LogP) is 3.07. The molecule has 1 aromatic heterocycles. The van der Waals surface area contributed by atoms with Crippen LogP contribution in [0.1, 0.15) is 78.2 Å². The number of hydrogen-bond donors (Lipinski definition) is 3. The molecule has 0 aromatic carbocycles. The number of aliphatic hydroxyl groups excluding tert-OH is 1. The molecule has 0 saturated heterocycles. The Morgan fingerprint density at radius 3 is 2.23 bits per heavy atom. The highest BCUT2D eigenvalue weighted by atomic mass is 32.1. The zero-order valence-electron chi connectivity index (χ0n) is 16.6. The van der Waals surface area contributed by atoms with E-state index in [9.17, 15) is 14.7 Å². The fourth-order valence-electron chi connectivity index (χ4n) is 2.48. The lowest BCUT2D eigenvalue weighted by Crippen LogP contribution is -2.50. The van der Waals surface area contributed by atoms with Crippen LogP contribution in [0.4, 0.5) is 5.13 Å². The maximum Gasteiger partial charge on any atom is 0.250 e. The van der Waals surface area contributed by atoms with Crippen molar-refractivity contribution in [3.63, 3.8) is 0 Å². The van der Waals surface area contributed by atoms with Gasteiger partial charge >= 0.3 is 0 Å². The minimum atomic E-state index is -1.18. The molecule has 2 amide bonds. The lowest BCUT2D eigenvalue weighted by atomic mass is 9.88. The van der Waals surface area contributed by atoms with Crippen LogP contribution in [0, 0.1) is 5.41 Å². The molecule has 0 bridgehead atoms. The summed E-state index contributed by atoms with van der Waals surface area (Å²) >= 11 is 1.37. The van der Waals surface area contributed by atoms with Crippen LogP contribution in [0.3, 0.4) is 0 Å². The van der Waals surface area contributed by atoms with E-state index in [1.807, 2.05) is 6.92 Å². The van der Waals surface area contributed by atoms with Crippen LogP contribution in [0.5, 0.6) is 0 Å². The van der Waals surface area contributed by atoms with E-state index in [2.05, 4.69) is 34.7 Å². The average Bonchev–Trinajstić information content (AvgIpc) is 3.02. The average molecular weight is 385 g/mol. The van der Waals surface area contributed by atoms with E-state index in [1.165, 1.54) is 11.3 Å². The van der Waals surface area contributed by atoms with E-state index in [0.29, 0.717) is 17.5 Å². The van der Waals surface area contributed by atoms with Crippen LogP contribution in [-0.2, 0) is 9.59 Å². The maximum atomic E-state index is 12.6. The lowest BCUT2D eigenvalue weighted by molar-refractivity contribution is -0.137. The lowest BCUT2D eigenvalue weighted by Gasteiger charge is -2.26. The Morgan fingerprint density at radius 1 is 1.12 bits per heavy atom. The Hall–Kier alpha value is -1.54. The molecule has 0 aliphatic rings. The topological polar surface area (TPSA) is 104 Å². The minimum Gasteiger partial charge on any atom is -0.383 e. The van der Waals surface area contributed by atoms with Crippen molar-refractivity contribution >= 4 is 28.3 Å². The van der Waals surface area contributed by atoms with Gasteiger partial charge in [-0.2, -0.15) is 0 Å². The Morgan fingerprint density at radius 2 is 1.73 bits per heavy atom. The molecule has 1 heterocycles. The number of hydrogen-bond acceptors (Lipinski definition) is 6. The number of rotatable bonds is 9. The van der Waals surface area contributed by atoms with E-state index < -0.39 is 23.5 Å². The summed E-state index contributed by atoms with van der Waals surface area (Å²) < 4.78 is 0. The van der Waals surface area contributed by atoms with Gasteiger partial charge in [-0.25, -0.2) is 0 Å². The molecule has 26 heavy (non-hydrogen) atoms. The van der Waals surface area contributed by atoms with Gasteiger partial charge in [-0.1, -0.05) is 59.3 Å². The van der Waals surface area contributed by atoms with Crippen molar-refractivity contribution in [1.29, 1.82) is 0 Å². The van der Waals surface area contributed by atoms with E-state index in [0.717, 1.165) is 24.3 Å². The maximum absolute atomic E-state index is 12.6. The number of nitrogens with zero attached hydrogens (tertiary/aromatic N) is 2. The molecule has 148 valence electrons. The monoisotopic (exact) mass is 384 g/mol. The number of nitrogens with one attached hydrogen (secondary N) is 2. The van der Waals surface area contributed by atoms with Gasteiger partial charge in [0.1, 0.15) is 17.2 Å². The molecule has 1 unspecified atom stereocenters. The number of amides is 2. The Labute approximate surface area is 160 Å². The molecule has 0 radical (unpaired) electrons. The SMILES string of the molecule is CCCC(NC(=O)[C@H](O)C(C)(C)C)C(=O)Nc1nnc(C(CC)CC)s1. The summed E-state index contributed by atoms with van der Waals surface area (Å²) in [7, 11) is 0. The molecule has 3 N–H and O–H groups in total. The molecule has 0 aliphatic carbocycles. The molecule has 7 nitrogen and oxygen atoms in total. The molecule has 2 atom stereocenters. The van der Waals surface area contributed by atoms with Gasteiger partial charge in [-0.05, 0) is 24.7 Å². The van der Waals surface area contributed by atoms with Gasteiger partial charge in [0, 0.05) is 5.92 Å². The van der Waals surface area contributed by atoms with Crippen LogP contribution in [0.2, 0.25) is 0 Å². The highest BCUT2D eigenvalue weighted by Gasteiger charge is 2.32. The van der Waals surface area contributed by atoms with Crippen molar-refractivity contribution in [2.24, 2.45) is 5.41 Å². The van der Waals surface area contributed by atoms with E-state index in [-0.39, 0.29) is 5.91 Å². The first kappa shape index (κ1) is 22.5. The Kier molecular flexibility index (Phi) is 8.62. The van der Waals surface area contributed by atoms with Crippen LogP contribution >= 0.6 is 11.3 Å². The quantitative estimate of drug-likeness (QED) is 0.607. The zero-order valence-corrected chi connectivity index (χ0v) is 17.4. The first-order chi connectivity index (χ1) is 12.1. The minimum absolute atomic E-state index is 0.339. The standard InChI is InChI=1S/C18H32N4O3S/c1-7-10-12(19-15(25)13(23)18(4,5)6)14(24)20-17-22-21-16(26-17)11(8-2)9-3/h11-13,23H,7-10H2,1-6H3,(H,19,25)(H,20,22,24)/t12?,13-/m0/s1. The summed E-state index contributed by atoms with van der Waals surface area (Å²) in [6.45, 7) is 11.4. The smallest absolute Gasteiger partial charge is 0.250 e. The van der Waals surface area contributed by atoms with E-state index in [1.54, 1.807) is 20.8 Å². The van der Waals surface area contributed by atoms with Crippen molar-refractivity contribution in [1.82, 2.24) is 15.5 Å². The van der Waals surface area contributed by atoms with Crippen molar-refractivity contribution in [3.05, 3.63) is 5.01 Å². The Bertz CT molecular complexity index is 594. The van der Waals surface area contributed by atoms with Gasteiger partial charge in [0.25, 0.3) is 0 Å². The molecule has 1 aromatic rings. The van der Waals surface area contributed by atoms with Gasteiger partial charge in [-0.15, -0.1) is 10.2 Å². The zero-order chi connectivity index (χ0) is 19.9. The second-order valence-electron chi connectivity index (χ2n) is 7.57. The van der Waals surface area contributed by atoms with E-state index in [4.69, 9.17) is 0 Å². The normalized spacial score (nSPS) is 14.2. The summed E-state index contributed by atoms with van der Waals surface area (Å²) in [5.74, 6) is -0.541. The third-order valence-electron chi connectivity index (χ3n) is 4.28. The number of aliphatic hydroxyl groups is 1. The molecule has 0 aliphatic heterocycles. The summed E-state index contributed by atoms with van der Waals surface area (Å²) in [6.07, 6.45) is 1.96. The van der Waals surface area contributed by atoms with Gasteiger partial charge in [-0.3, -0.25) is 14.9 Å². The first-order valence-corrected chi connectivity index (χ1v) is 10.1. The number of carbonyl (C=O) groups is 2. The highest BCUT2D eigenvalue weighted by molar-refractivity contribution is 7.15. The summed E-state index contributed by atoms with van der Waals surface area (Å²) in [6, 6.07) is -0.718. The largest absolute Gasteiger partial charge is 0.383 e. The molecule has 8 heteroatoms. The summed E-state index contributed by atoms with van der Waals surface area (Å²) in [5, 5.41) is 25.0. The van der Waals surface area contributed by atoms with Crippen molar-refractivity contribution in [2.45, 2.75) is 85.3 Å². The van der Waals surface area contributed by atoms with Gasteiger partial charge in [0.2, 0.25) is 16.9 Å². The van der Waals surface area contributed by atoms with Gasteiger partial charge < -0.3 is 10.4 Å². The third kappa shape index (κ3) is 6.32. The predicted molar refractivity (Wildman–Crippen MR) is 104 cm³/mol. The van der Waals surface area contributed by atoms with Crippen molar-refractivity contribution < 1.29 is 14.7 Å². The fourth-order valence-corrected chi connectivity index (χ4v) is 3.49. The summed E-state index contributed by atoms with van der Waals surface area (Å²) in [4.78, 5) is 24.8. The number of carbonyl (C=O) groups excluding carboxylic acids is 2. The number of aromatic nitrogens is 2. The van der Waals surface area contributed by atoms with Crippen LogP contribution in [0.15, 0.2) is 0 Å². The van der Waals surface area contributed by atoms with Gasteiger partial charge in [0.05, 0.1) is 0 Å². The third-order valence-corrected chi connectivity index (χ3v) is 5.29. The molecule has 0 saturated carbocycles. The summed E-state index contributed by atoms with van der Waals surface area (Å²) in [5.41, 5.74) is -0.596. The second-order valence-corrected chi connectivity index (χ2v) is 8.58. The molecule has 0 fully saturated rings. The van der Waals surface area contributed by atoms with Crippen LogP contribution in [-0.4, -0.2) is 39.3 Å². The number of anilines is 1. The fraction of sp³-hybridized carbons (Fsp3) is 0.778. The highest BCUT2D eigenvalue weighted by Crippen LogP contribution is 2.28. The molecular weight excluding hydrogens is 352 g/mol. The first-order valence-electron chi connectivity index (χ1n) is 9.26. The van der Waals surface area contributed by atoms with Crippen molar-refractivity contribution in [3.8, 4) is 0 Å².